The van der Waals surface area contributed by atoms with E-state index in [1.807, 2.05) is 56.3 Å². The molecule has 2 fully saturated rings. The second kappa shape index (κ2) is 6.24. The van der Waals surface area contributed by atoms with E-state index < -0.39 is 0 Å². The van der Waals surface area contributed by atoms with E-state index in [0.29, 0.717) is 6.54 Å². The number of carbonyl (C=O) groups excluding carboxylic acids is 2. The Bertz CT molecular complexity index is 845. The predicted octanol–water partition coefficient (Wildman–Crippen LogP) is 3.45. The van der Waals surface area contributed by atoms with Gasteiger partial charge in [-0.05, 0) is 43.9 Å². The summed E-state index contributed by atoms with van der Waals surface area (Å²) in [4.78, 5) is 33.2. The number of aryl methyl sites for hydroxylation is 1. The second-order valence-corrected chi connectivity index (χ2v) is 7.43. The van der Waals surface area contributed by atoms with Gasteiger partial charge in [0.25, 0.3) is 0 Å². The summed E-state index contributed by atoms with van der Waals surface area (Å²) in [5.41, 5.74) is 3.02. The molecular weight excluding hydrogens is 326 g/mol. The molecule has 0 spiro atoms. The van der Waals surface area contributed by atoms with E-state index in [4.69, 9.17) is 0 Å². The Labute approximate surface area is 153 Å². The Morgan fingerprint density at radius 3 is 2.50 bits per heavy atom. The number of aromatic nitrogens is 1. The van der Waals surface area contributed by atoms with Crippen LogP contribution in [-0.4, -0.2) is 39.8 Å². The van der Waals surface area contributed by atoms with Gasteiger partial charge in [0.2, 0.25) is 5.91 Å². The van der Waals surface area contributed by atoms with Gasteiger partial charge in [-0.25, -0.2) is 4.79 Å². The van der Waals surface area contributed by atoms with Gasteiger partial charge in [-0.1, -0.05) is 36.4 Å². The number of hydrogen-bond donors (Lipinski definition) is 0. The van der Waals surface area contributed by atoms with Gasteiger partial charge in [0.05, 0.1) is 11.7 Å². The van der Waals surface area contributed by atoms with Crippen molar-refractivity contribution in [1.29, 1.82) is 0 Å². The lowest BCUT2D eigenvalue weighted by Gasteiger charge is -2.26. The fourth-order valence-electron chi connectivity index (χ4n) is 3.89. The average Bonchev–Trinajstić information content (AvgIpc) is 3.39. The van der Waals surface area contributed by atoms with Crippen molar-refractivity contribution >= 4 is 11.9 Å². The van der Waals surface area contributed by atoms with E-state index in [0.717, 1.165) is 29.7 Å². The van der Waals surface area contributed by atoms with Crippen LogP contribution in [0.5, 0.6) is 0 Å². The summed E-state index contributed by atoms with van der Waals surface area (Å²) < 4.78 is 0. The van der Waals surface area contributed by atoms with Gasteiger partial charge >= 0.3 is 6.03 Å². The Kier molecular flexibility index (Phi) is 4.02. The molecular formula is C21H23N3O2. The maximum atomic E-state index is 13.0. The smallest absolute Gasteiger partial charge is 0.308 e. The number of rotatable bonds is 5. The third-order valence-electron chi connectivity index (χ3n) is 5.66. The van der Waals surface area contributed by atoms with Crippen molar-refractivity contribution in [2.24, 2.45) is 0 Å². The minimum atomic E-state index is -0.189. The maximum Gasteiger partial charge on any atom is 0.327 e. The van der Waals surface area contributed by atoms with E-state index in [1.165, 1.54) is 4.90 Å². The van der Waals surface area contributed by atoms with Crippen LogP contribution >= 0.6 is 0 Å². The normalized spacial score (nSPS) is 19.8. The molecule has 2 aromatic rings. The Balaban J connectivity index is 1.54. The molecule has 1 aliphatic heterocycles. The first-order valence-corrected chi connectivity index (χ1v) is 9.10. The van der Waals surface area contributed by atoms with Gasteiger partial charge in [0.1, 0.15) is 6.54 Å². The van der Waals surface area contributed by atoms with Crippen LogP contribution in [0.4, 0.5) is 4.79 Å². The van der Waals surface area contributed by atoms with Crippen LogP contribution in [0.3, 0.4) is 0 Å². The maximum absolute atomic E-state index is 13.0. The van der Waals surface area contributed by atoms with E-state index in [1.54, 1.807) is 11.1 Å². The van der Waals surface area contributed by atoms with Gasteiger partial charge in [-0.15, -0.1) is 0 Å². The molecule has 0 N–H and O–H groups in total. The number of hydrogen-bond acceptors (Lipinski definition) is 3. The summed E-state index contributed by atoms with van der Waals surface area (Å²) >= 11 is 0. The van der Waals surface area contributed by atoms with Crippen LogP contribution in [0.1, 0.15) is 42.6 Å². The predicted molar refractivity (Wildman–Crippen MR) is 98.6 cm³/mol. The fraction of sp³-hybridized carbons (Fsp3) is 0.381. The lowest BCUT2D eigenvalue weighted by Crippen LogP contribution is -2.39. The summed E-state index contributed by atoms with van der Waals surface area (Å²) in [7, 11) is 0. The van der Waals surface area contributed by atoms with Crippen molar-refractivity contribution in [3.05, 3.63) is 65.5 Å². The lowest BCUT2D eigenvalue weighted by molar-refractivity contribution is -0.125. The van der Waals surface area contributed by atoms with Gasteiger partial charge in [-0.2, -0.15) is 0 Å². The van der Waals surface area contributed by atoms with Crippen molar-refractivity contribution in [2.75, 3.05) is 13.1 Å². The standard InChI is InChI=1S/C21H23N3O2/c1-15-7-6-12-22-19(15)21(10-11-21)14-24-18(25)13-23(20(24)26)16(2)17-8-4-3-5-9-17/h3-9,12,16H,10-11,13-14H2,1-2H3. The lowest BCUT2D eigenvalue weighted by atomic mass is 9.97. The molecule has 2 heterocycles. The molecule has 2 aliphatic rings. The molecule has 5 nitrogen and oxygen atoms in total. The molecule has 0 radical (unpaired) electrons. The summed E-state index contributed by atoms with van der Waals surface area (Å²) in [6.45, 7) is 4.59. The zero-order valence-electron chi connectivity index (χ0n) is 15.2. The Morgan fingerprint density at radius 2 is 1.85 bits per heavy atom. The van der Waals surface area contributed by atoms with Crippen molar-refractivity contribution in [3.63, 3.8) is 0 Å². The number of carbonyl (C=O) groups is 2. The summed E-state index contributed by atoms with van der Waals surface area (Å²) in [6, 6.07) is 13.5. The van der Waals surface area contributed by atoms with Crippen molar-refractivity contribution < 1.29 is 9.59 Å². The molecule has 1 aromatic heterocycles. The minimum Gasteiger partial charge on any atom is -0.308 e. The van der Waals surface area contributed by atoms with Crippen LogP contribution < -0.4 is 0 Å². The molecule has 26 heavy (non-hydrogen) atoms. The Morgan fingerprint density at radius 1 is 1.12 bits per heavy atom. The quantitative estimate of drug-likeness (QED) is 0.777. The number of urea groups is 1. The SMILES string of the molecule is Cc1cccnc1C1(CN2C(=O)CN(C(C)c3ccccc3)C2=O)CC1. The largest absolute Gasteiger partial charge is 0.327 e. The third kappa shape index (κ3) is 2.77. The molecule has 1 saturated heterocycles. The molecule has 1 atom stereocenters. The number of amides is 3. The molecule has 134 valence electrons. The van der Waals surface area contributed by atoms with Crippen LogP contribution in [0, 0.1) is 6.92 Å². The second-order valence-electron chi connectivity index (χ2n) is 7.43. The summed E-state index contributed by atoms with van der Waals surface area (Å²) in [5, 5.41) is 0. The van der Waals surface area contributed by atoms with Gasteiger partial charge in [0.15, 0.2) is 0 Å². The van der Waals surface area contributed by atoms with Gasteiger partial charge in [0, 0.05) is 18.2 Å². The summed E-state index contributed by atoms with van der Waals surface area (Å²) in [6.07, 6.45) is 3.73. The van der Waals surface area contributed by atoms with Crippen molar-refractivity contribution in [3.8, 4) is 0 Å². The van der Waals surface area contributed by atoms with Crippen LogP contribution in [-0.2, 0) is 10.2 Å². The Hall–Kier alpha value is -2.69. The topological polar surface area (TPSA) is 53.5 Å². The van der Waals surface area contributed by atoms with Crippen molar-refractivity contribution in [2.45, 2.75) is 38.1 Å². The van der Waals surface area contributed by atoms with Crippen molar-refractivity contribution in [1.82, 2.24) is 14.8 Å². The van der Waals surface area contributed by atoms with Crippen LogP contribution in [0.15, 0.2) is 48.7 Å². The molecule has 4 rings (SSSR count). The van der Waals surface area contributed by atoms with Crippen LogP contribution in [0.25, 0.3) is 0 Å². The molecule has 5 heteroatoms. The van der Waals surface area contributed by atoms with E-state index in [-0.39, 0.29) is 29.9 Å². The molecule has 1 aromatic carbocycles. The van der Waals surface area contributed by atoms with Gasteiger partial charge in [-0.3, -0.25) is 14.7 Å². The first kappa shape index (κ1) is 16.8. The highest BCUT2D eigenvalue weighted by Crippen LogP contribution is 2.49. The first-order valence-electron chi connectivity index (χ1n) is 9.10. The number of pyridine rings is 1. The summed E-state index contributed by atoms with van der Waals surface area (Å²) in [5.74, 6) is -0.113. The fourth-order valence-corrected chi connectivity index (χ4v) is 3.89. The number of nitrogens with zero attached hydrogens (tertiary/aromatic N) is 3. The van der Waals surface area contributed by atoms with E-state index in [2.05, 4.69) is 4.98 Å². The highest BCUT2D eigenvalue weighted by molar-refractivity contribution is 6.02. The molecule has 1 saturated carbocycles. The highest BCUT2D eigenvalue weighted by Gasteiger charge is 2.51. The molecule has 3 amide bonds. The number of imide groups is 1. The van der Waals surface area contributed by atoms with E-state index >= 15 is 0 Å². The molecule has 1 unspecified atom stereocenters. The monoisotopic (exact) mass is 349 g/mol. The zero-order valence-corrected chi connectivity index (χ0v) is 15.2. The average molecular weight is 349 g/mol. The first-order chi connectivity index (χ1) is 12.5. The molecule has 1 aliphatic carbocycles. The zero-order chi connectivity index (χ0) is 18.3. The molecule has 0 bridgehead atoms. The third-order valence-corrected chi connectivity index (χ3v) is 5.66. The minimum absolute atomic E-state index is 0.113. The van der Waals surface area contributed by atoms with Crippen LogP contribution in [0.2, 0.25) is 0 Å². The van der Waals surface area contributed by atoms with E-state index in [9.17, 15) is 9.59 Å². The van der Waals surface area contributed by atoms with Gasteiger partial charge < -0.3 is 4.90 Å². The number of benzene rings is 1. The highest BCUT2D eigenvalue weighted by atomic mass is 16.2.